The van der Waals surface area contributed by atoms with Crippen LogP contribution in [0, 0.1) is 18.3 Å². The second-order valence-electron chi connectivity index (χ2n) is 8.70. The third-order valence-corrected chi connectivity index (χ3v) is 6.20. The van der Waals surface area contributed by atoms with Gasteiger partial charge in [0.25, 0.3) is 5.56 Å². The molecule has 0 unspecified atom stereocenters. The lowest BCUT2D eigenvalue weighted by Crippen LogP contribution is -2.31. The van der Waals surface area contributed by atoms with Gasteiger partial charge in [0.2, 0.25) is 5.95 Å². The highest BCUT2D eigenvalue weighted by atomic mass is 35.5. The van der Waals surface area contributed by atoms with Crippen molar-refractivity contribution in [2.75, 3.05) is 31.2 Å². The van der Waals surface area contributed by atoms with Crippen LogP contribution in [0.5, 0.6) is 0 Å². The van der Waals surface area contributed by atoms with E-state index in [4.69, 9.17) is 22.3 Å². The summed E-state index contributed by atoms with van der Waals surface area (Å²) >= 11 is 6.39. The number of anilines is 2. The van der Waals surface area contributed by atoms with Gasteiger partial charge in [-0.15, -0.1) is 0 Å². The molecular formula is C27H31ClN8O. The molecule has 0 aliphatic carbocycles. The van der Waals surface area contributed by atoms with Gasteiger partial charge in [0.15, 0.2) is 0 Å². The lowest BCUT2D eigenvalue weighted by Gasteiger charge is -2.22. The van der Waals surface area contributed by atoms with Crippen molar-refractivity contribution in [1.29, 1.82) is 5.26 Å². The number of nitrogen functional groups attached to an aromatic ring is 1. The summed E-state index contributed by atoms with van der Waals surface area (Å²) in [5.41, 5.74) is 7.90. The van der Waals surface area contributed by atoms with Crippen LogP contribution in [0.15, 0.2) is 60.0 Å². The van der Waals surface area contributed by atoms with Gasteiger partial charge in [-0.1, -0.05) is 49.1 Å². The third kappa shape index (κ3) is 6.42. The summed E-state index contributed by atoms with van der Waals surface area (Å²) in [6.45, 7) is 13.0. The van der Waals surface area contributed by atoms with E-state index in [1.807, 2.05) is 20.0 Å². The highest BCUT2D eigenvalue weighted by molar-refractivity contribution is 6.35. The maximum Gasteiger partial charge on any atom is 0.262 e. The minimum Gasteiger partial charge on any atom is -0.368 e. The van der Waals surface area contributed by atoms with Gasteiger partial charge < -0.3 is 16.0 Å². The molecule has 3 rings (SSSR count). The van der Waals surface area contributed by atoms with E-state index in [0.717, 1.165) is 12.1 Å². The summed E-state index contributed by atoms with van der Waals surface area (Å²) in [6.07, 6.45) is 6.15. The molecule has 0 saturated heterocycles. The summed E-state index contributed by atoms with van der Waals surface area (Å²) < 4.78 is 1.64. The van der Waals surface area contributed by atoms with Crippen molar-refractivity contribution in [2.45, 2.75) is 32.9 Å². The molecule has 0 aliphatic rings. The van der Waals surface area contributed by atoms with E-state index in [1.165, 1.54) is 0 Å². The lowest BCUT2D eigenvalue weighted by atomic mass is 10.2. The molecule has 10 heteroatoms. The van der Waals surface area contributed by atoms with Crippen LogP contribution in [0.2, 0.25) is 5.02 Å². The van der Waals surface area contributed by atoms with Gasteiger partial charge in [-0.25, -0.2) is 9.97 Å². The Morgan fingerprint density at radius 3 is 2.78 bits per heavy atom. The molecule has 3 N–H and O–H groups in total. The molecular weight excluding hydrogens is 488 g/mol. The zero-order valence-corrected chi connectivity index (χ0v) is 22.1. The van der Waals surface area contributed by atoms with Crippen LogP contribution < -0.4 is 16.6 Å². The molecule has 2 heterocycles. The Hall–Kier alpha value is -4.00. The third-order valence-electron chi connectivity index (χ3n) is 5.89. The van der Waals surface area contributed by atoms with Crippen molar-refractivity contribution >= 4 is 34.3 Å². The van der Waals surface area contributed by atoms with Gasteiger partial charge in [0, 0.05) is 13.1 Å². The highest BCUT2D eigenvalue weighted by Gasteiger charge is 2.20. The van der Waals surface area contributed by atoms with E-state index < -0.39 is 6.04 Å². The molecule has 3 aromatic rings. The van der Waals surface area contributed by atoms with Gasteiger partial charge in [-0.2, -0.15) is 10.2 Å². The molecule has 0 aliphatic heterocycles. The number of likely N-dealkylation sites (N-methyl/N-ethyl adjacent to an activating group) is 1. The van der Waals surface area contributed by atoms with Crippen LogP contribution in [-0.4, -0.2) is 44.6 Å². The van der Waals surface area contributed by atoms with Crippen LogP contribution in [0.4, 0.5) is 11.8 Å². The van der Waals surface area contributed by atoms with E-state index in [2.05, 4.69) is 39.4 Å². The van der Waals surface area contributed by atoms with E-state index in [-0.39, 0.29) is 22.9 Å². The zero-order chi connectivity index (χ0) is 27.1. The number of allylic oxidation sites excluding steroid dienone is 2. The molecule has 1 atom stereocenters. The fourth-order valence-corrected chi connectivity index (χ4v) is 4.37. The smallest absolute Gasteiger partial charge is 0.262 e. The molecule has 37 heavy (non-hydrogen) atoms. The number of nitriles is 1. The van der Waals surface area contributed by atoms with Crippen LogP contribution in [0.25, 0.3) is 10.9 Å². The summed E-state index contributed by atoms with van der Waals surface area (Å²) in [7, 11) is 2.01. The molecule has 0 spiro atoms. The monoisotopic (exact) mass is 518 g/mol. The number of hydrogen-bond donors (Lipinski definition) is 2. The Kier molecular flexibility index (Phi) is 9.17. The first-order chi connectivity index (χ1) is 17.7. The number of aryl methyl sites for hydroxylation is 1. The SMILES string of the molecule is C=C/C=C(\C=C)CN(C)CCCn1c([C@H](C)Nc2nc(N)nc(C)c2C#N)nc2cccc(Cl)c2c1=O. The van der Waals surface area contributed by atoms with Crippen LogP contribution >= 0.6 is 11.6 Å². The molecule has 0 saturated carbocycles. The second-order valence-corrected chi connectivity index (χ2v) is 9.11. The number of fused-ring (bicyclic) bond motifs is 1. The van der Waals surface area contributed by atoms with E-state index in [0.29, 0.717) is 47.0 Å². The van der Waals surface area contributed by atoms with Crippen molar-refractivity contribution in [3.8, 4) is 6.07 Å². The topological polar surface area (TPSA) is 126 Å². The van der Waals surface area contributed by atoms with E-state index in [1.54, 1.807) is 41.8 Å². The number of nitrogens with two attached hydrogens (primary N) is 1. The minimum atomic E-state index is -0.475. The zero-order valence-electron chi connectivity index (χ0n) is 21.3. The maximum atomic E-state index is 13.6. The Morgan fingerprint density at radius 2 is 2.11 bits per heavy atom. The molecule has 0 radical (unpaired) electrons. The molecule has 192 valence electrons. The second kappa shape index (κ2) is 12.3. The standard InChI is InChI=1S/C27H31ClN8O/c1-6-10-19(7-2)16-35(5)13-9-14-36-25(33-22-12-8-11-21(28)23(22)26(36)37)18(4)31-24-20(15-29)17(3)32-27(30)34-24/h6-8,10-12,18H,1-2,9,13-14,16H2,3-5H3,(H3,30,31,32,34)/b19-10+/t18-/m0/s1. The quantitative estimate of drug-likeness (QED) is 0.358. The predicted molar refractivity (Wildman–Crippen MR) is 150 cm³/mol. The molecule has 9 nitrogen and oxygen atoms in total. The average molecular weight is 519 g/mol. The Morgan fingerprint density at radius 1 is 1.35 bits per heavy atom. The summed E-state index contributed by atoms with van der Waals surface area (Å²) in [4.78, 5) is 28.8. The van der Waals surface area contributed by atoms with Crippen LogP contribution in [0.1, 0.15) is 36.5 Å². The molecule has 0 amide bonds. The van der Waals surface area contributed by atoms with Crippen molar-refractivity contribution in [3.63, 3.8) is 0 Å². The number of rotatable bonds is 11. The fraction of sp³-hybridized carbons (Fsp3) is 0.296. The van der Waals surface area contributed by atoms with Gasteiger partial charge in [-0.05, 0) is 51.6 Å². The molecule has 0 fully saturated rings. The predicted octanol–water partition coefficient (Wildman–Crippen LogP) is 4.40. The van der Waals surface area contributed by atoms with Gasteiger partial charge >= 0.3 is 0 Å². The molecule has 2 aromatic heterocycles. The Labute approximate surface area is 221 Å². The van der Waals surface area contributed by atoms with Gasteiger partial charge in [-0.3, -0.25) is 9.36 Å². The van der Waals surface area contributed by atoms with Crippen molar-refractivity contribution in [2.24, 2.45) is 0 Å². The Bertz CT molecular complexity index is 1450. The number of aromatic nitrogens is 4. The van der Waals surface area contributed by atoms with E-state index in [9.17, 15) is 10.1 Å². The maximum absolute atomic E-state index is 13.6. The lowest BCUT2D eigenvalue weighted by molar-refractivity contribution is 0.345. The Balaban J connectivity index is 1.96. The number of benzene rings is 1. The number of hydrogen-bond acceptors (Lipinski definition) is 8. The summed E-state index contributed by atoms with van der Waals surface area (Å²) in [5, 5.41) is 13.5. The largest absolute Gasteiger partial charge is 0.368 e. The number of nitrogens with one attached hydrogen (secondary N) is 1. The first kappa shape index (κ1) is 27.6. The minimum absolute atomic E-state index is 0.0503. The first-order valence-electron chi connectivity index (χ1n) is 11.8. The van der Waals surface area contributed by atoms with Gasteiger partial charge in [0.05, 0.1) is 27.7 Å². The normalized spacial score (nSPS) is 12.4. The molecule has 1 aromatic carbocycles. The van der Waals surface area contributed by atoms with Crippen LogP contribution in [-0.2, 0) is 6.54 Å². The summed E-state index contributed by atoms with van der Waals surface area (Å²) in [6, 6.07) is 6.84. The van der Waals surface area contributed by atoms with Crippen molar-refractivity contribution < 1.29 is 0 Å². The fourth-order valence-electron chi connectivity index (χ4n) is 4.12. The number of halogens is 1. The molecule has 0 bridgehead atoms. The average Bonchev–Trinajstić information content (AvgIpc) is 2.84. The first-order valence-corrected chi connectivity index (χ1v) is 12.2. The van der Waals surface area contributed by atoms with Crippen molar-refractivity contribution in [1.82, 2.24) is 24.4 Å². The number of nitrogens with zero attached hydrogens (tertiary/aromatic N) is 6. The van der Waals surface area contributed by atoms with Crippen LogP contribution in [0.3, 0.4) is 0 Å². The summed E-state index contributed by atoms with van der Waals surface area (Å²) in [5.74, 6) is 0.839. The van der Waals surface area contributed by atoms with Crippen molar-refractivity contribution in [3.05, 3.63) is 87.6 Å². The van der Waals surface area contributed by atoms with E-state index >= 15 is 0 Å². The van der Waals surface area contributed by atoms with Gasteiger partial charge in [0.1, 0.15) is 23.3 Å². The highest BCUT2D eigenvalue weighted by Crippen LogP contribution is 2.24.